The van der Waals surface area contributed by atoms with Crippen molar-refractivity contribution < 1.29 is 0 Å². The number of pyridine rings is 1. The van der Waals surface area contributed by atoms with Gasteiger partial charge >= 0.3 is 0 Å². The Morgan fingerprint density at radius 1 is 0.424 bits per heavy atom. The third-order valence-electron chi connectivity index (χ3n) is 7.73. The van der Waals surface area contributed by atoms with E-state index < -0.39 is 0 Å². The number of hydrogen-bond donors (Lipinski definition) is 0. The number of hydrogen-bond acceptors (Lipinski definition) is 1. The van der Waals surface area contributed by atoms with Crippen LogP contribution < -0.4 is 0 Å². The van der Waals surface area contributed by atoms with Gasteiger partial charge in [-0.05, 0) is 56.0 Å². The number of nitrogens with zero attached hydrogens (tertiary/aromatic N) is 1. The molecule has 152 valence electrons. The fourth-order valence-corrected chi connectivity index (χ4v) is 6.53. The molecule has 0 saturated heterocycles. The number of para-hydroxylation sites is 1. The van der Waals surface area contributed by atoms with Gasteiger partial charge in [0, 0.05) is 17.0 Å². The summed E-state index contributed by atoms with van der Waals surface area (Å²) in [5.41, 5.74) is 11.6. The smallest absolute Gasteiger partial charge is 0.0725 e. The van der Waals surface area contributed by atoms with Gasteiger partial charge in [-0.25, -0.2) is 0 Å². The molecule has 0 bridgehead atoms. The van der Waals surface area contributed by atoms with Gasteiger partial charge in [0.25, 0.3) is 0 Å². The molecule has 2 aliphatic carbocycles. The molecule has 1 heterocycles. The van der Waals surface area contributed by atoms with Crippen molar-refractivity contribution in [3.05, 3.63) is 138 Å². The van der Waals surface area contributed by atoms with Crippen LogP contribution in [0.4, 0.5) is 0 Å². The molecule has 0 N–H and O–H groups in total. The van der Waals surface area contributed by atoms with E-state index in [0.717, 1.165) is 5.52 Å². The minimum atomic E-state index is -0.293. The molecule has 0 atom stereocenters. The molecule has 0 aliphatic heterocycles. The molecular weight excluding hydrogens is 398 g/mol. The van der Waals surface area contributed by atoms with Gasteiger partial charge in [-0.1, -0.05) is 103 Å². The molecule has 0 radical (unpaired) electrons. The van der Waals surface area contributed by atoms with E-state index in [1.807, 2.05) is 0 Å². The van der Waals surface area contributed by atoms with Crippen molar-refractivity contribution >= 4 is 21.7 Å². The van der Waals surface area contributed by atoms with Gasteiger partial charge in [-0.2, -0.15) is 0 Å². The van der Waals surface area contributed by atoms with Crippen molar-refractivity contribution in [2.24, 2.45) is 0 Å². The summed E-state index contributed by atoms with van der Waals surface area (Å²) in [6.45, 7) is 0. The molecule has 6 aromatic rings. The highest BCUT2D eigenvalue weighted by atomic mass is 14.7. The highest BCUT2D eigenvalue weighted by Crippen LogP contribution is 2.63. The summed E-state index contributed by atoms with van der Waals surface area (Å²) < 4.78 is 0. The first-order valence-corrected chi connectivity index (χ1v) is 11.5. The lowest BCUT2D eigenvalue weighted by atomic mass is 9.70. The average Bonchev–Trinajstić information content (AvgIpc) is 3.36. The van der Waals surface area contributed by atoms with Crippen molar-refractivity contribution in [1.82, 2.24) is 4.98 Å². The van der Waals surface area contributed by atoms with Crippen LogP contribution in [0.15, 0.2) is 115 Å². The van der Waals surface area contributed by atoms with Gasteiger partial charge in [0.2, 0.25) is 0 Å². The molecule has 33 heavy (non-hydrogen) atoms. The molecule has 5 aromatic carbocycles. The van der Waals surface area contributed by atoms with Crippen LogP contribution in [-0.4, -0.2) is 4.98 Å². The van der Waals surface area contributed by atoms with E-state index in [4.69, 9.17) is 4.98 Å². The zero-order chi connectivity index (χ0) is 21.6. The van der Waals surface area contributed by atoms with Gasteiger partial charge in [0.1, 0.15) is 0 Å². The third-order valence-corrected chi connectivity index (χ3v) is 7.73. The normalized spacial score (nSPS) is 14.3. The number of benzene rings is 5. The predicted molar refractivity (Wildman–Crippen MR) is 136 cm³/mol. The molecule has 1 heteroatoms. The molecule has 1 aromatic heterocycles. The maximum atomic E-state index is 4.86. The Hall–Kier alpha value is -4.23. The van der Waals surface area contributed by atoms with E-state index in [-0.39, 0.29) is 5.41 Å². The zero-order valence-electron chi connectivity index (χ0n) is 17.9. The van der Waals surface area contributed by atoms with Gasteiger partial charge in [-0.3, -0.25) is 4.98 Å². The lowest BCUT2D eigenvalue weighted by Gasteiger charge is -2.30. The summed E-state index contributed by atoms with van der Waals surface area (Å²) in [5.74, 6) is 0. The van der Waals surface area contributed by atoms with Gasteiger partial charge < -0.3 is 0 Å². The standard InChI is InChI=1S/C32H19N/c1-5-13-26-21(9-1)22-10-2-6-14-27(22)32(26)28-15-7-3-12-24(28)31-25-19-33-30-16-8-4-11-23(30)20(25)17-18-29(31)32/h1-19H. The number of rotatable bonds is 0. The Bertz CT molecular complexity index is 1730. The minimum Gasteiger partial charge on any atom is -0.256 e. The van der Waals surface area contributed by atoms with Crippen LogP contribution in [0.1, 0.15) is 22.3 Å². The molecule has 1 spiro atoms. The topological polar surface area (TPSA) is 12.9 Å². The molecular formula is C32H19N. The predicted octanol–water partition coefficient (Wildman–Crippen LogP) is 7.73. The largest absolute Gasteiger partial charge is 0.256 e. The van der Waals surface area contributed by atoms with Gasteiger partial charge in [0.05, 0.1) is 10.9 Å². The summed E-state index contributed by atoms with van der Waals surface area (Å²) in [5, 5.41) is 3.71. The Morgan fingerprint density at radius 3 is 1.73 bits per heavy atom. The lowest BCUT2D eigenvalue weighted by Crippen LogP contribution is -2.25. The average molecular weight is 418 g/mol. The van der Waals surface area contributed by atoms with Gasteiger partial charge in [0.15, 0.2) is 0 Å². The van der Waals surface area contributed by atoms with Gasteiger partial charge in [-0.15, -0.1) is 0 Å². The van der Waals surface area contributed by atoms with Crippen LogP contribution >= 0.6 is 0 Å². The van der Waals surface area contributed by atoms with Crippen molar-refractivity contribution in [3.63, 3.8) is 0 Å². The van der Waals surface area contributed by atoms with E-state index in [2.05, 4.69) is 115 Å². The highest BCUT2D eigenvalue weighted by Gasteiger charge is 2.51. The molecule has 0 saturated carbocycles. The van der Waals surface area contributed by atoms with E-state index in [1.165, 1.54) is 60.7 Å². The van der Waals surface area contributed by atoms with E-state index in [0.29, 0.717) is 0 Å². The summed E-state index contributed by atoms with van der Waals surface area (Å²) in [6, 6.07) is 40.0. The SMILES string of the molecule is c1ccc2c(c1)-c1ccccc1C21c2ccccc2-c2c1ccc1c2cnc2ccccc21. The van der Waals surface area contributed by atoms with Crippen LogP contribution in [0.2, 0.25) is 0 Å². The number of fused-ring (bicyclic) bond motifs is 14. The fraction of sp³-hybridized carbons (Fsp3) is 0.0312. The summed E-state index contributed by atoms with van der Waals surface area (Å²) >= 11 is 0. The molecule has 0 fully saturated rings. The summed E-state index contributed by atoms with van der Waals surface area (Å²) in [6.07, 6.45) is 2.08. The second-order valence-electron chi connectivity index (χ2n) is 9.11. The van der Waals surface area contributed by atoms with Crippen LogP contribution in [0, 0.1) is 0 Å². The van der Waals surface area contributed by atoms with Crippen LogP contribution in [0.5, 0.6) is 0 Å². The Morgan fingerprint density at radius 2 is 1.00 bits per heavy atom. The molecule has 1 nitrogen and oxygen atoms in total. The monoisotopic (exact) mass is 417 g/mol. The molecule has 0 amide bonds. The van der Waals surface area contributed by atoms with Crippen molar-refractivity contribution in [2.45, 2.75) is 5.41 Å². The molecule has 0 unspecified atom stereocenters. The Balaban J connectivity index is 1.61. The van der Waals surface area contributed by atoms with Crippen LogP contribution in [0.25, 0.3) is 43.9 Å². The second-order valence-corrected chi connectivity index (χ2v) is 9.11. The first kappa shape index (κ1) is 17.3. The minimum absolute atomic E-state index is 0.293. The van der Waals surface area contributed by atoms with Crippen LogP contribution in [-0.2, 0) is 5.41 Å². The molecule has 2 aliphatic rings. The first-order chi connectivity index (χ1) is 16.4. The van der Waals surface area contributed by atoms with Crippen molar-refractivity contribution in [2.75, 3.05) is 0 Å². The fourth-order valence-electron chi connectivity index (χ4n) is 6.53. The van der Waals surface area contributed by atoms with E-state index in [1.54, 1.807) is 0 Å². The lowest BCUT2D eigenvalue weighted by molar-refractivity contribution is 0.794. The van der Waals surface area contributed by atoms with Crippen molar-refractivity contribution in [1.29, 1.82) is 0 Å². The Labute approximate surface area is 192 Å². The Kier molecular flexibility index (Phi) is 3.13. The summed E-state index contributed by atoms with van der Waals surface area (Å²) in [7, 11) is 0. The first-order valence-electron chi connectivity index (χ1n) is 11.5. The van der Waals surface area contributed by atoms with Crippen LogP contribution in [0.3, 0.4) is 0 Å². The van der Waals surface area contributed by atoms with Crippen molar-refractivity contribution in [3.8, 4) is 22.3 Å². The maximum absolute atomic E-state index is 4.86. The number of aromatic nitrogens is 1. The zero-order valence-corrected chi connectivity index (χ0v) is 17.9. The van der Waals surface area contributed by atoms with E-state index >= 15 is 0 Å². The maximum Gasteiger partial charge on any atom is 0.0725 e. The molecule has 8 rings (SSSR count). The summed E-state index contributed by atoms with van der Waals surface area (Å²) in [4.78, 5) is 4.86. The second kappa shape index (κ2) is 5.96. The van der Waals surface area contributed by atoms with E-state index in [9.17, 15) is 0 Å². The quantitative estimate of drug-likeness (QED) is 0.230. The third kappa shape index (κ3) is 1.93. The highest BCUT2D eigenvalue weighted by molar-refractivity contribution is 6.13.